The highest BCUT2D eigenvalue weighted by molar-refractivity contribution is 6.42. The van der Waals surface area contributed by atoms with Crippen LogP contribution >= 0.6 is 35.6 Å². The average Bonchev–Trinajstić information content (AvgIpc) is 2.87. The number of carbonyl (C=O) groups excluding carboxylic acids is 1. The number of hydrogen-bond donors (Lipinski definition) is 1. The van der Waals surface area contributed by atoms with Crippen LogP contribution in [0.25, 0.3) is 0 Å². The first-order chi connectivity index (χ1) is 9.08. The van der Waals surface area contributed by atoms with Gasteiger partial charge in [-0.1, -0.05) is 35.3 Å². The van der Waals surface area contributed by atoms with E-state index in [9.17, 15) is 4.79 Å². The lowest BCUT2D eigenvalue weighted by Crippen LogP contribution is -2.28. The van der Waals surface area contributed by atoms with Gasteiger partial charge >= 0.3 is 0 Å². The summed E-state index contributed by atoms with van der Waals surface area (Å²) in [6, 6.07) is 5.50. The van der Waals surface area contributed by atoms with Gasteiger partial charge in [0, 0.05) is 20.0 Å². The fourth-order valence-corrected chi connectivity index (χ4v) is 2.69. The van der Waals surface area contributed by atoms with Gasteiger partial charge in [0.25, 0.3) is 0 Å². The molecule has 1 aliphatic rings. The van der Waals surface area contributed by atoms with Crippen molar-refractivity contribution in [2.24, 2.45) is 5.92 Å². The maximum absolute atomic E-state index is 12.1. The van der Waals surface area contributed by atoms with Gasteiger partial charge in [-0.2, -0.15) is 0 Å². The van der Waals surface area contributed by atoms with Crippen LogP contribution in [0.3, 0.4) is 0 Å². The van der Waals surface area contributed by atoms with E-state index in [1.165, 1.54) is 0 Å². The summed E-state index contributed by atoms with van der Waals surface area (Å²) in [5, 5.41) is 4.34. The standard InChI is InChI=1S/C14H18Cl2N2O.ClH/c1-18(13(19)7-10-5-6-17-8-10)9-11-3-2-4-12(15)14(11)16;/h2-4,10,17H,5-9H2,1H3;1H. The van der Waals surface area contributed by atoms with E-state index in [4.69, 9.17) is 23.2 Å². The number of rotatable bonds is 4. The van der Waals surface area contributed by atoms with Crippen LogP contribution in [0.5, 0.6) is 0 Å². The van der Waals surface area contributed by atoms with Crippen LogP contribution in [-0.4, -0.2) is 30.9 Å². The third-order valence-corrected chi connectivity index (χ3v) is 4.35. The van der Waals surface area contributed by atoms with Crippen LogP contribution in [-0.2, 0) is 11.3 Å². The molecule has 1 aromatic rings. The van der Waals surface area contributed by atoms with Gasteiger partial charge in [0.1, 0.15) is 0 Å². The zero-order valence-electron chi connectivity index (χ0n) is 11.4. The molecule has 1 N–H and O–H groups in total. The summed E-state index contributed by atoms with van der Waals surface area (Å²) >= 11 is 12.1. The predicted octanol–water partition coefficient (Wildman–Crippen LogP) is 3.37. The van der Waals surface area contributed by atoms with Gasteiger partial charge < -0.3 is 10.2 Å². The molecular formula is C14H19Cl3N2O. The lowest BCUT2D eigenvalue weighted by molar-refractivity contribution is -0.131. The third kappa shape index (κ3) is 4.52. The average molecular weight is 338 g/mol. The van der Waals surface area contributed by atoms with E-state index in [0.29, 0.717) is 28.9 Å². The molecule has 3 nitrogen and oxygen atoms in total. The lowest BCUT2D eigenvalue weighted by Gasteiger charge is -2.20. The molecule has 112 valence electrons. The molecule has 1 fully saturated rings. The van der Waals surface area contributed by atoms with Crippen molar-refractivity contribution in [1.29, 1.82) is 0 Å². The second-order valence-corrected chi connectivity index (χ2v) is 5.81. The van der Waals surface area contributed by atoms with Gasteiger partial charge in [-0.15, -0.1) is 12.4 Å². The zero-order valence-corrected chi connectivity index (χ0v) is 13.7. The predicted molar refractivity (Wildman–Crippen MR) is 85.8 cm³/mol. The van der Waals surface area contributed by atoms with Crippen molar-refractivity contribution in [3.63, 3.8) is 0 Å². The van der Waals surface area contributed by atoms with Crippen LogP contribution in [0.1, 0.15) is 18.4 Å². The van der Waals surface area contributed by atoms with E-state index in [0.717, 1.165) is 25.1 Å². The molecule has 20 heavy (non-hydrogen) atoms. The molecule has 1 saturated heterocycles. The van der Waals surface area contributed by atoms with Crippen LogP contribution in [0, 0.1) is 5.92 Å². The van der Waals surface area contributed by atoms with Crippen LogP contribution in [0.2, 0.25) is 10.0 Å². The molecule has 2 rings (SSSR count). The van der Waals surface area contributed by atoms with Crippen molar-refractivity contribution in [2.75, 3.05) is 20.1 Å². The van der Waals surface area contributed by atoms with E-state index >= 15 is 0 Å². The van der Waals surface area contributed by atoms with Crippen molar-refractivity contribution >= 4 is 41.5 Å². The van der Waals surface area contributed by atoms with Crippen LogP contribution in [0.4, 0.5) is 0 Å². The summed E-state index contributed by atoms with van der Waals surface area (Å²) < 4.78 is 0. The van der Waals surface area contributed by atoms with Crippen molar-refractivity contribution < 1.29 is 4.79 Å². The van der Waals surface area contributed by atoms with E-state index in [1.54, 1.807) is 11.0 Å². The van der Waals surface area contributed by atoms with E-state index < -0.39 is 0 Å². The van der Waals surface area contributed by atoms with E-state index in [1.807, 2.05) is 19.2 Å². The first-order valence-electron chi connectivity index (χ1n) is 6.45. The van der Waals surface area contributed by atoms with Gasteiger partial charge in [0.05, 0.1) is 10.0 Å². The Hall–Kier alpha value is -0.480. The number of nitrogens with zero attached hydrogens (tertiary/aromatic N) is 1. The minimum absolute atomic E-state index is 0. The Balaban J connectivity index is 0.00000200. The summed E-state index contributed by atoms with van der Waals surface area (Å²) in [6.45, 7) is 2.46. The second kappa shape index (κ2) is 8.08. The molecule has 0 aromatic heterocycles. The summed E-state index contributed by atoms with van der Waals surface area (Å²) in [5.74, 6) is 0.620. The molecule has 0 saturated carbocycles. The SMILES string of the molecule is CN(Cc1cccc(Cl)c1Cl)C(=O)CC1CCNC1.Cl. The second-order valence-electron chi connectivity index (χ2n) is 5.03. The number of halogens is 3. The van der Waals surface area contributed by atoms with Crippen molar-refractivity contribution in [3.8, 4) is 0 Å². The number of amides is 1. The van der Waals surface area contributed by atoms with Crippen LogP contribution < -0.4 is 5.32 Å². The quantitative estimate of drug-likeness (QED) is 0.913. The fourth-order valence-electron chi connectivity index (χ4n) is 2.31. The highest BCUT2D eigenvalue weighted by Crippen LogP contribution is 2.26. The number of nitrogens with one attached hydrogen (secondary N) is 1. The highest BCUT2D eigenvalue weighted by atomic mass is 35.5. The maximum Gasteiger partial charge on any atom is 0.222 e. The molecule has 0 radical (unpaired) electrons. The van der Waals surface area contributed by atoms with Crippen LogP contribution in [0.15, 0.2) is 18.2 Å². The van der Waals surface area contributed by atoms with Crippen molar-refractivity contribution in [1.82, 2.24) is 10.2 Å². The Labute approximate surface area is 136 Å². The lowest BCUT2D eigenvalue weighted by atomic mass is 10.0. The van der Waals surface area contributed by atoms with Gasteiger partial charge in [-0.3, -0.25) is 4.79 Å². The number of benzene rings is 1. The Morgan fingerprint density at radius 3 is 2.85 bits per heavy atom. The molecule has 1 aliphatic heterocycles. The monoisotopic (exact) mass is 336 g/mol. The molecule has 6 heteroatoms. The topological polar surface area (TPSA) is 32.3 Å². The normalized spacial score (nSPS) is 17.6. The largest absolute Gasteiger partial charge is 0.341 e. The van der Waals surface area contributed by atoms with Gasteiger partial charge in [-0.05, 0) is 37.1 Å². The molecule has 0 bridgehead atoms. The minimum Gasteiger partial charge on any atom is -0.341 e. The maximum atomic E-state index is 12.1. The summed E-state index contributed by atoms with van der Waals surface area (Å²) in [4.78, 5) is 13.8. The van der Waals surface area contributed by atoms with Crippen molar-refractivity contribution in [3.05, 3.63) is 33.8 Å². The van der Waals surface area contributed by atoms with Gasteiger partial charge in [-0.25, -0.2) is 0 Å². The fraction of sp³-hybridized carbons (Fsp3) is 0.500. The number of carbonyl (C=O) groups is 1. The Kier molecular flexibility index (Phi) is 7.10. The third-order valence-electron chi connectivity index (χ3n) is 3.49. The number of hydrogen-bond acceptors (Lipinski definition) is 2. The molecular weight excluding hydrogens is 319 g/mol. The zero-order chi connectivity index (χ0) is 13.8. The molecule has 1 amide bonds. The Morgan fingerprint density at radius 1 is 1.45 bits per heavy atom. The molecule has 0 spiro atoms. The molecule has 0 aliphatic carbocycles. The molecule has 1 atom stereocenters. The summed E-state index contributed by atoms with van der Waals surface area (Å²) in [7, 11) is 1.81. The smallest absolute Gasteiger partial charge is 0.222 e. The Bertz CT molecular complexity index is 462. The van der Waals surface area contributed by atoms with Gasteiger partial charge in [0.15, 0.2) is 0 Å². The molecule has 1 unspecified atom stereocenters. The van der Waals surface area contributed by atoms with E-state index in [-0.39, 0.29) is 18.3 Å². The first-order valence-corrected chi connectivity index (χ1v) is 7.21. The Morgan fingerprint density at radius 2 is 2.20 bits per heavy atom. The summed E-state index contributed by atoms with van der Waals surface area (Å²) in [6.07, 6.45) is 1.68. The van der Waals surface area contributed by atoms with Crippen molar-refractivity contribution in [2.45, 2.75) is 19.4 Å². The first kappa shape index (κ1) is 17.6. The summed E-state index contributed by atoms with van der Waals surface area (Å²) in [5.41, 5.74) is 0.884. The minimum atomic E-state index is 0. The highest BCUT2D eigenvalue weighted by Gasteiger charge is 2.20. The van der Waals surface area contributed by atoms with Gasteiger partial charge in [0.2, 0.25) is 5.91 Å². The molecule has 1 aromatic carbocycles. The van der Waals surface area contributed by atoms with E-state index in [2.05, 4.69) is 5.32 Å². The molecule has 1 heterocycles.